The summed E-state index contributed by atoms with van der Waals surface area (Å²) in [5.41, 5.74) is 4.09. The largest absolute Gasteiger partial charge is 0.476 e. The minimum Gasteiger partial charge on any atom is -0.476 e. The lowest BCUT2D eigenvalue weighted by Gasteiger charge is -2.56. The van der Waals surface area contributed by atoms with Crippen LogP contribution in [0.15, 0.2) is 77.7 Å². The lowest BCUT2D eigenvalue weighted by molar-refractivity contribution is -0.00811. The van der Waals surface area contributed by atoms with Crippen molar-refractivity contribution < 1.29 is 23.1 Å². The lowest BCUT2D eigenvalue weighted by atomic mass is 9.53. The Balaban J connectivity index is 0.988. The van der Waals surface area contributed by atoms with Crippen LogP contribution >= 0.6 is 11.3 Å². The fraction of sp³-hybridized carbons (Fsp3) is 0.350. The van der Waals surface area contributed by atoms with Crippen LogP contribution in [0.2, 0.25) is 0 Å². The van der Waals surface area contributed by atoms with Crippen molar-refractivity contribution >= 4 is 54.4 Å². The average molecular weight is 734 g/mol. The Labute approximate surface area is 306 Å². The maximum atomic E-state index is 14.0. The third-order valence-electron chi connectivity index (χ3n) is 11.7. The number of rotatable bonds is 8. The van der Waals surface area contributed by atoms with Gasteiger partial charge in [-0.3, -0.25) is 10.1 Å². The summed E-state index contributed by atoms with van der Waals surface area (Å²) in [7, 11) is -3.87. The van der Waals surface area contributed by atoms with E-state index in [9.17, 15) is 23.1 Å². The fourth-order valence-corrected chi connectivity index (χ4v) is 12.4. The number of fused-ring (bicyclic) bond motifs is 2. The number of amides is 1. The van der Waals surface area contributed by atoms with Crippen LogP contribution in [0.4, 0.5) is 10.9 Å². The Morgan fingerprint density at radius 1 is 0.885 bits per heavy atom. The number of carboxylic acid groups (broad SMARTS) is 1. The topological polar surface area (TPSA) is 142 Å². The molecule has 5 aliphatic rings. The van der Waals surface area contributed by atoms with Crippen LogP contribution < -0.4 is 14.9 Å². The molecule has 0 saturated heterocycles. The van der Waals surface area contributed by atoms with E-state index in [-0.39, 0.29) is 16.5 Å². The van der Waals surface area contributed by atoms with Crippen LogP contribution in [0.5, 0.6) is 0 Å². The molecular weight excluding hydrogens is 695 g/mol. The van der Waals surface area contributed by atoms with Gasteiger partial charge >= 0.3 is 5.97 Å². The Bertz CT molecular complexity index is 2320. The zero-order valence-corrected chi connectivity index (χ0v) is 30.4. The van der Waals surface area contributed by atoms with Gasteiger partial charge in [0.05, 0.1) is 15.1 Å². The van der Waals surface area contributed by atoms with Gasteiger partial charge in [0.15, 0.2) is 10.8 Å². The first-order valence-corrected chi connectivity index (χ1v) is 20.2. The zero-order chi connectivity index (χ0) is 35.8. The number of carbonyl (C=O) groups excluding carboxylic acids is 1. The molecule has 4 bridgehead atoms. The summed E-state index contributed by atoms with van der Waals surface area (Å²) in [5.74, 6) is 0.778. The molecule has 10 nitrogen and oxygen atoms in total. The van der Waals surface area contributed by atoms with Gasteiger partial charge in [0.1, 0.15) is 5.82 Å². The molecule has 1 aliphatic heterocycles. The van der Waals surface area contributed by atoms with Crippen LogP contribution in [0.25, 0.3) is 21.3 Å². The number of para-hydroxylation sites is 1. The van der Waals surface area contributed by atoms with Crippen LogP contribution in [-0.2, 0) is 23.0 Å². The molecule has 0 atom stereocenters. The first-order chi connectivity index (χ1) is 25.0. The second-order valence-corrected chi connectivity index (χ2v) is 17.8. The van der Waals surface area contributed by atoms with Gasteiger partial charge in [-0.25, -0.2) is 27.9 Å². The van der Waals surface area contributed by atoms with E-state index in [0.29, 0.717) is 70.5 Å². The number of hydrogen-bond donors (Lipinski definition) is 3. The monoisotopic (exact) mass is 733 g/mol. The normalized spacial score (nSPS) is 23.5. The van der Waals surface area contributed by atoms with Crippen molar-refractivity contribution in [3.8, 4) is 11.1 Å². The highest BCUT2D eigenvalue weighted by molar-refractivity contribution is 7.89. The molecule has 2 aromatic heterocycles. The van der Waals surface area contributed by atoms with Gasteiger partial charge in [0.25, 0.3) is 5.91 Å². The highest BCUT2D eigenvalue weighted by Gasteiger charge is 2.52. The second kappa shape index (κ2) is 12.5. The highest BCUT2D eigenvalue weighted by Crippen LogP contribution is 2.56. The van der Waals surface area contributed by atoms with Gasteiger partial charge in [0, 0.05) is 29.8 Å². The molecule has 3 N–H and O–H groups in total. The van der Waals surface area contributed by atoms with Crippen LogP contribution in [0, 0.1) is 24.7 Å². The minimum atomic E-state index is -3.87. The number of aromatic carboxylic acids is 1. The van der Waals surface area contributed by atoms with Crippen molar-refractivity contribution in [2.24, 2.45) is 17.8 Å². The third-order valence-corrected chi connectivity index (χ3v) is 14.4. The molecule has 5 aromatic rings. The number of pyridine rings is 1. The smallest absolute Gasteiger partial charge is 0.355 e. The molecule has 3 aromatic carbocycles. The third kappa shape index (κ3) is 5.86. The lowest BCUT2D eigenvalue weighted by Crippen LogP contribution is -2.59. The second-order valence-electron chi connectivity index (χ2n) is 15.2. The summed E-state index contributed by atoms with van der Waals surface area (Å²) in [6.45, 7) is 2.70. The van der Waals surface area contributed by atoms with E-state index in [2.05, 4.69) is 20.0 Å². The van der Waals surface area contributed by atoms with E-state index in [1.165, 1.54) is 30.6 Å². The summed E-state index contributed by atoms with van der Waals surface area (Å²) in [5, 5.41) is 13.9. The summed E-state index contributed by atoms with van der Waals surface area (Å²) >= 11 is 1.42. The molecule has 266 valence electrons. The van der Waals surface area contributed by atoms with E-state index < -0.39 is 21.5 Å². The van der Waals surface area contributed by atoms with Crippen molar-refractivity contribution in [1.82, 2.24) is 14.7 Å². The summed E-state index contributed by atoms with van der Waals surface area (Å²) in [6, 6.07) is 22.0. The first kappa shape index (κ1) is 33.2. The van der Waals surface area contributed by atoms with E-state index in [1.807, 2.05) is 41.3 Å². The summed E-state index contributed by atoms with van der Waals surface area (Å²) in [4.78, 5) is 37.7. The standard InChI is InChI=1S/C40H39N5O5S2/c1-23-28(7-5-11-34(23)52(49,50)44-40-19-24-16-25(20-40)18-26(17-24)21-40)29-12-13-35(42-36(29)38(47)48)45-15-14-27-6-4-8-30(31(27)22-45)37(46)43-39-41-32-9-2-3-10-33(32)51-39/h2-13,24-26,44H,14-22H2,1H3,(H,47,48)(H,41,43,46). The molecule has 4 fully saturated rings. The van der Waals surface area contributed by atoms with Crippen molar-refractivity contribution in [1.29, 1.82) is 0 Å². The number of carbonyl (C=O) groups is 2. The molecule has 0 unspecified atom stereocenters. The number of anilines is 2. The van der Waals surface area contributed by atoms with Crippen molar-refractivity contribution in [3.63, 3.8) is 0 Å². The van der Waals surface area contributed by atoms with Crippen LogP contribution in [-0.4, -0.2) is 47.5 Å². The molecular formula is C40H39N5O5S2. The Morgan fingerprint density at radius 2 is 1.62 bits per heavy atom. The van der Waals surface area contributed by atoms with Gasteiger partial charge in [-0.05, 0) is 128 Å². The predicted molar refractivity (Wildman–Crippen MR) is 201 cm³/mol. The van der Waals surface area contributed by atoms with Crippen molar-refractivity contribution in [3.05, 3.63) is 101 Å². The van der Waals surface area contributed by atoms with E-state index in [1.54, 1.807) is 43.3 Å². The van der Waals surface area contributed by atoms with Gasteiger partial charge in [0.2, 0.25) is 10.0 Å². The number of carboxylic acids is 1. The number of hydrogen-bond acceptors (Lipinski definition) is 8. The number of thiazole rings is 1. The van der Waals surface area contributed by atoms with E-state index in [4.69, 9.17) is 0 Å². The first-order valence-electron chi connectivity index (χ1n) is 18.0. The number of aromatic nitrogens is 2. The van der Waals surface area contributed by atoms with Crippen molar-refractivity contribution in [2.75, 3.05) is 16.8 Å². The summed E-state index contributed by atoms with van der Waals surface area (Å²) < 4.78 is 32.2. The molecule has 4 aliphatic carbocycles. The van der Waals surface area contributed by atoms with Crippen molar-refractivity contribution in [2.45, 2.75) is 68.8 Å². The molecule has 12 heteroatoms. The molecule has 52 heavy (non-hydrogen) atoms. The number of benzene rings is 3. The Hall–Kier alpha value is -4.65. The zero-order valence-electron chi connectivity index (χ0n) is 28.8. The van der Waals surface area contributed by atoms with Crippen LogP contribution in [0.3, 0.4) is 0 Å². The number of sulfonamides is 1. The SMILES string of the molecule is Cc1c(-c2ccc(N3CCc4cccc(C(=O)Nc5nc6ccccc6s5)c4C3)nc2C(=O)O)cccc1S(=O)(=O)NC12CC3CC(CC(C3)C1)C2. The molecule has 3 heterocycles. The quantitative estimate of drug-likeness (QED) is 0.150. The van der Waals surface area contributed by atoms with Crippen LogP contribution in [0.1, 0.15) is 76.1 Å². The highest BCUT2D eigenvalue weighted by atomic mass is 32.2. The Morgan fingerprint density at radius 3 is 2.35 bits per heavy atom. The van der Waals surface area contributed by atoms with E-state index >= 15 is 0 Å². The van der Waals surface area contributed by atoms with Gasteiger partial charge in [-0.1, -0.05) is 47.7 Å². The van der Waals surface area contributed by atoms with Gasteiger partial charge in [-0.15, -0.1) is 0 Å². The fourth-order valence-electron chi connectivity index (χ4n) is 9.86. The summed E-state index contributed by atoms with van der Waals surface area (Å²) in [6.07, 6.45) is 6.95. The van der Waals surface area contributed by atoms with Gasteiger partial charge in [-0.2, -0.15) is 0 Å². The average Bonchev–Trinajstić information content (AvgIpc) is 3.52. The molecule has 4 saturated carbocycles. The maximum Gasteiger partial charge on any atom is 0.355 e. The molecule has 10 rings (SSSR count). The molecule has 0 radical (unpaired) electrons. The molecule has 0 spiro atoms. The van der Waals surface area contributed by atoms with Gasteiger partial charge < -0.3 is 10.0 Å². The maximum absolute atomic E-state index is 14.0. The number of nitrogens with zero attached hydrogens (tertiary/aromatic N) is 3. The predicted octanol–water partition coefficient (Wildman–Crippen LogP) is 7.43. The molecule has 1 amide bonds. The Kier molecular flexibility index (Phi) is 7.98. The number of nitrogens with one attached hydrogen (secondary N) is 2. The minimum absolute atomic E-state index is 0.156. The van der Waals surface area contributed by atoms with E-state index in [0.717, 1.165) is 40.6 Å².